The molecule has 46 heavy (non-hydrogen) atoms. The van der Waals surface area contributed by atoms with Crippen LogP contribution >= 0.6 is 0 Å². The summed E-state index contributed by atoms with van der Waals surface area (Å²) >= 11 is 0. The number of nitrogens with zero attached hydrogens (tertiary/aromatic N) is 2. The lowest BCUT2D eigenvalue weighted by molar-refractivity contribution is -0.193. The molecule has 0 atom stereocenters. The zero-order valence-corrected chi connectivity index (χ0v) is 23.5. The number of anilines is 2. The number of pyridine rings is 2. The lowest BCUT2D eigenvalue weighted by atomic mass is 10.1. The topological polar surface area (TPSA) is 124 Å². The molecule has 0 aliphatic carbocycles. The van der Waals surface area contributed by atoms with E-state index in [-0.39, 0.29) is 0 Å². The molecule has 0 bridgehead atoms. The van der Waals surface area contributed by atoms with Crippen molar-refractivity contribution in [3.05, 3.63) is 97.1 Å². The van der Waals surface area contributed by atoms with Crippen molar-refractivity contribution in [2.45, 2.75) is 12.4 Å². The maximum absolute atomic E-state index is 10.6. The number of hydrogen-bond donors (Lipinski definition) is 4. The van der Waals surface area contributed by atoms with Gasteiger partial charge in [0.2, 0.25) is 0 Å². The Kier molecular flexibility index (Phi) is 10.1. The molecule has 0 fully saturated rings. The number of benzene rings is 4. The summed E-state index contributed by atoms with van der Waals surface area (Å²) in [5.41, 5.74) is 6.30. The van der Waals surface area contributed by atoms with Gasteiger partial charge in [-0.15, -0.1) is 0 Å². The first-order valence-electron chi connectivity index (χ1n) is 13.4. The van der Waals surface area contributed by atoms with E-state index in [1.54, 1.807) is 0 Å². The minimum Gasteiger partial charge on any atom is -0.475 e. The van der Waals surface area contributed by atoms with Crippen molar-refractivity contribution >= 4 is 66.9 Å². The van der Waals surface area contributed by atoms with E-state index in [4.69, 9.17) is 29.8 Å². The Hall–Kier alpha value is -5.66. The molecule has 0 unspecified atom stereocenters. The Labute approximate surface area is 256 Å². The Morgan fingerprint density at radius 1 is 0.500 bits per heavy atom. The molecule has 8 nitrogen and oxygen atoms in total. The standard InChI is InChI=1S/C28H22N4.2C2HF3O2/c1-5-13-23-19(9-1)27(20-10-2-6-14-24(20)31-23)29-17-18-30-28-21-11-3-7-15-25(21)32-26-16-8-4-12-22(26)28;2*3-2(4,5)1(6)7/h1-16H,17-18H2,(H,29,31)(H,30,32);2*(H,6,7). The minimum absolute atomic E-state index is 0.781. The molecule has 2 aromatic heterocycles. The number of carboxylic acid groups (broad SMARTS) is 2. The third kappa shape index (κ3) is 8.08. The van der Waals surface area contributed by atoms with Crippen molar-refractivity contribution in [3.63, 3.8) is 0 Å². The number of rotatable bonds is 5. The van der Waals surface area contributed by atoms with Crippen LogP contribution in [0.2, 0.25) is 0 Å². The number of para-hydroxylation sites is 4. The fraction of sp³-hybridized carbons (Fsp3) is 0.125. The third-order valence-corrected chi connectivity index (χ3v) is 6.39. The third-order valence-electron chi connectivity index (χ3n) is 6.39. The summed E-state index contributed by atoms with van der Waals surface area (Å²) in [6, 6.07) is 33.2. The van der Waals surface area contributed by atoms with Gasteiger partial charge < -0.3 is 20.8 Å². The number of carbonyl (C=O) groups is 2. The van der Waals surface area contributed by atoms with Crippen molar-refractivity contribution in [1.82, 2.24) is 9.97 Å². The molecule has 2 heterocycles. The van der Waals surface area contributed by atoms with Crippen molar-refractivity contribution in [1.29, 1.82) is 0 Å². The second kappa shape index (κ2) is 14.0. The molecule has 4 N–H and O–H groups in total. The zero-order valence-electron chi connectivity index (χ0n) is 23.5. The molecule has 238 valence electrons. The molecule has 0 aliphatic heterocycles. The molecule has 4 aromatic carbocycles. The number of alkyl halides is 6. The fourth-order valence-corrected chi connectivity index (χ4v) is 4.44. The summed E-state index contributed by atoms with van der Waals surface area (Å²) in [7, 11) is 0. The van der Waals surface area contributed by atoms with Gasteiger partial charge in [0.05, 0.1) is 33.4 Å². The van der Waals surface area contributed by atoms with Gasteiger partial charge in [-0.1, -0.05) is 72.8 Å². The van der Waals surface area contributed by atoms with Crippen LogP contribution in [0.5, 0.6) is 0 Å². The zero-order chi connectivity index (χ0) is 33.5. The molecule has 0 spiro atoms. The second-order valence-corrected chi connectivity index (χ2v) is 9.50. The molecule has 6 aromatic rings. The van der Waals surface area contributed by atoms with Crippen LogP contribution in [-0.2, 0) is 9.59 Å². The van der Waals surface area contributed by atoms with Crippen LogP contribution in [0.4, 0.5) is 37.7 Å². The summed E-state index contributed by atoms with van der Waals surface area (Å²) in [5.74, 6) is -5.51. The van der Waals surface area contributed by atoms with Crippen LogP contribution < -0.4 is 10.6 Å². The predicted molar refractivity (Wildman–Crippen MR) is 163 cm³/mol. The molecule has 14 heteroatoms. The van der Waals surface area contributed by atoms with E-state index in [1.807, 2.05) is 24.3 Å². The lowest BCUT2D eigenvalue weighted by Crippen LogP contribution is -2.21. The van der Waals surface area contributed by atoms with Gasteiger partial charge in [0.1, 0.15) is 0 Å². The van der Waals surface area contributed by atoms with Crippen LogP contribution in [-0.4, -0.2) is 57.6 Å². The van der Waals surface area contributed by atoms with E-state index < -0.39 is 24.3 Å². The highest BCUT2D eigenvalue weighted by Crippen LogP contribution is 2.32. The van der Waals surface area contributed by atoms with Gasteiger partial charge in [-0.25, -0.2) is 19.6 Å². The van der Waals surface area contributed by atoms with E-state index in [1.165, 1.54) is 0 Å². The molecule has 0 radical (unpaired) electrons. The van der Waals surface area contributed by atoms with Gasteiger partial charge >= 0.3 is 24.3 Å². The Bertz CT molecular complexity index is 1760. The summed E-state index contributed by atoms with van der Waals surface area (Å²) in [6.07, 6.45) is -10.2. The number of aliphatic carboxylic acids is 2. The van der Waals surface area contributed by atoms with Gasteiger partial charge in [0.15, 0.2) is 0 Å². The number of nitrogens with one attached hydrogen (secondary N) is 2. The quantitative estimate of drug-likeness (QED) is 0.0851. The summed E-state index contributed by atoms with van der Waals surface area (Å²) < 4.78 is 63.5. The van der Waals surface area contributed by atoms with Crippen molar-refractivity contribution in [2.75, 3.05) is 23.7 Å². The van der Waals surface area contributed by atoms with Crippen LogP contribution in [0.3, 0.4) is 0 Å². The number of carboxylic acids is 2. The fourth-order valence-electron chi connectivity index (χ4n) is 4.44. The number of halogens is 6. The van der Waals surface area contributed by atoms with E-state index >= 15 is 0 Å². The predicted octanol–water partition coefficient (Wildman–Crippen LogP) is 7.88. The number of hydrogen-bond acceptors (Lipinski definition) is 6. The highest BCUT2D eigenvalue weighted by Gasteiger charge is 2.38. The van der Waals surface area contributed by atoms with Crippen molar-refractivity contribution in [3.8, 4) is 0 Å². The van der Waals surface area contributed by atoms with E-state index in [0.29, 0.717) is 0 Å². The van der Waals surface area contributed by atoms with Crippen LogP contribution in [0.15, 0.2) is 97.1 Å². The normalized spacial score (nSPS) is 11.3. The number of aromatic nitrogens is 2. The molecule has 0 saturated carbocycles. The van der Waals surface area contributed by atoms with Crippen LogP contribution in [0.25, 0.3) is 43.6 Å². The Morgan fingerprint density at radius 2 is 0.717 bits per heavy atom. The van der Waals surface area contributed by atoms with Gasteiger partial charge in [0, 0.05) is 34.6 Å². The molecular formula is C32H24F6N4O4. The first-order valence-corrected chi connectivity index (χ1v) is 13.4. The molecule has 0 amide bonds. The Morgan fingerprint density at radius 3 is 0.935 bits per heavy atom. The largest absolute Gasteiger partial charge is 0.490 e. The van der Waals surface area contributed by atoms with Crippen molar-refractivity contribution in [2.24, 2.45) is 0 Å². The molecule has 0 aliphatic rings. The maximum atomic E-state index is 10.6. The van der Waals surface area contributed by atoms with E-state index in [0.717, 1.165) is 68.1 Å². The first-order chi connectivity index (χ1) is 21.8. The summed E-state index contributed by atoms with van der Waals surface area (Å²) in [5, 5.41) is 26.2. The highest BCUT2D eigenvalue weighted by molar-refractivity contribution is 6.08. The molecular weight excluding hydrogens is 618 g/mol. The smallest absolute Gasteiger partial charge is 0.475 e. The molecule has 6 rings (SSSR count). The van der Waals surface area contributed by atoms with Gasteiger partial charge in [-0.05, 0) is 24.3 Å². The van der Waals surface area contributed by atoms with Gasteiger partial charge in [-0.3, -0.25) is 0 Å². The SMILES string of the molecule is O=C(O)C(F)(F)F.O=C(O)C(F)(F)F.c1ccc2c(NCCNc3c4ccccc4nc4ccccc34)c3ccccc3nc2c1. The van der Waals surface area contributed by atoms with E-state index in [9.17, 15) is 26.3 Å². The monoisotopic (exact) mass is 642 g/mol. The van der Waals surface area contributed by atoms with Gasteiger partial charge in [0.25, 0.3) is 0 Å². The summed E-state index contributed by atoms with van der Waals surface area (Å²) in [4.78, 5) is 27.4. The molecule has 0 saturated heterocycles. The minimum atomic E-state index is -5.08. The van der Waals surface area contributed by atoms with E-state index in [2.05, 4.69) is 83.4 Å². The highest BCUT2D eigenvalue weighted by atomic mass is 19.4. The van der Waals surface area contributed by atoms with Crippen molar-refractivity contribution < 1.29 is 46.1 Å². The lowest BCUT2D eigenvalue weighted by Gasteiger charge is -2.16. The second-order valence-electron chi connectivity index (χ2n) is 9.50. The number of fused-ring (bicyclic) bond motifs is 4. The average Bonchev–Trinajstić information content (AvgIpc) is 3.01. The van der Waals surface area contributed by atoms with Crippen LogP contribution in [0.1, 0.15) is 0 Å². The van der Waals surface area contributed by atoms with Crippen LogP contribution in [0, 0.1) is 0 Å². The summed E-state index contributed by atoms with van der Waals surface area (Å²) in [6.45, 7) is 1.56. The van der Waals surface area contributed by atoms with Gasteiger partial charge in [-0.2, -0.15) is 26.3 Å². The Balaban J connectivity index is 0.000000289. The maximum Gasteiger partial charge on any atom is 0.490 e. The first kappa shape index (κ1) is 33.2. The average molecular weight is 643 g/mol.